The highest BCUT2D eigenvalue weighted by Gasteiger charge is 2.34. The Kier molecular flexibility index (Phi) is 2.62. The average molecular weight is 205 g/mol. The standard InChI is InChI=1S/C12H15NO2/c1-2-10-7-11(12(14)15-10)8-3-5-9(13)6-4-8/h3-6,10-11H,2,7,13H2,1H3. The molecule has 0 bridgehead atoms. The van der Waals surface area contributed by atoms with Crippen LogP contribution in [-0.2, 0) is 9.53 Å². The number of hydrogen-bond donors (Lipinski definition) is 1. The van der Waals surface area contributed by atoms with Crippen LogP contribution in [0.3, 0.4) is 0 Å². The second kappa shape index (κ2) is 3.93. The number of nitrogen functional groups attached to an aromatic ring is 1. The Morgan fingerprint density at radius 1 is 1.40 bits per heavy atom. The lowest BCUT2D eigenvalue weighted by atomic mass is 9.95. The van der Waals surface area contributed by atoms with Crippen LogP contribution in [0, 0.1) is 0 Å². The van der Waals surface area contributed by atoms with E-state index in [-0.39, 0.29) is 18.0 Å². The molecule has 3 nitrogen and oxygen atoms in total. The molecule has 0 aliphatic carbocycles. The Balaban J connectivity index is 2.18. The fraction of sp³-hybridized carbons (Fsp3) is 0.417. The number of ether oxygens (including phenoxy) is 1. The Morgan fingerprint density at radius 2 is 2.07 bits per heavy atom. The second-order valence-corrected chi connectivity index (χ2v) is 3.92. The maximum Gasteiger partial charge on any atom is 0.313 e. The molecule has 1 aromatic rings. The van der Waals surface area contributed by atoms with E-state index in [9.17, 15) is 4.79 Å². The van der Waals surface area contributed by atoms with Gasteiger partial charge in [0.2, 0.25) is 0 Å². The van der Waals surface area contributed by atoms with Gasteiger partial charge in [0.15, 0.2) is 0 Å². The summed E-state index contributed by atoms with van der Waals surface area (Å²) in [5, 5.41) is 0. The van der Waals surface area contributed by atoms with Crippen molar-refractivity contribution in [1.29, 1.82) is 0 Å². The molecule has 3 heteroatoms. The molecule has 1 aromatic carbocycles. The van der Waals surface area contributed by atoms with Crippen LogP contribution in [0.4, 0.5) is 5.69 Å². The van der Waals surface area contributed by atoms with Crippen LogP contribution in [0.2, 0.25) is 0 Å². The lowest BCUT2D eigenvalue weighted by Gasteiger charge is -2.05. The highest BCUT2D eigenvalue weighted by atomic mass is 16.5. The summed E-state index contributed by atoms with van der Waals surface area (Å²) < 4.78 is 5.24. The van der Waals surface area contributed by atoms with E-state index in [1.165, 1.54) is 0 Å². The molecular formula is C12H15NO2. The van der Waals surface area contributed by atoms with Crippen molar-refractivity contribution in [3.05, 3.63) is 29.8 Å². The zero-order chi connectivity index (χ0) is 10.8. The van der Waals surface area contributed by atoms with Crippen LogP contribution >= 0.6 is 0 Å². The first-order valence-electron chi connectivity index (χ1n) is 5.26. The number of rotatable bonds is 2. The summed E-state index contributed by atoms with van der Waals surface area (Å²) in [6.07, 6.45) is 1.76. The minimum absolute atomic E-state index is 0.0834. The smallest absolute Gasteiger partial charge is 0.313 e. The van der Waals surface area contributed by atoms with Gasteiger partial charge in [-0.05, 0) is 24.1 Å². The molecule has 0 amide bonds. The van der Waals surface area contributed by atoms with Gasteiger partial charge in [-0.1, -0.05) is 19.1 Å². The molecule has 1 saturated heterocycles. The van der Waals surface area contributed by atoms with Crippen molar-refractivity contribution < 1.29 is 9.53 Å². The van der Waals surface area contributed by atoms with Crippen molar-refractivity contribution in [3.63, 3.8) is 0 Å². The molecule has 2 unspecified atom stereocenters. The van der Waals surface area contributed by atoms with Crippen molar-refractivity contribution in [2.24, 2.45) is 0 Å². The molecule has 1 heterocycles. The molecular weight excluding hydrogens is 190 g/mol. The minimum atomic E-state index is -0.105. The molecule has 2 rings (SSSR count). The normalized spacial score (nSPS) is 25.3. The van der Waals surface area contributed by atoms with Crippen LogP contribution in [0.25, 0.3) is 0 Å². The van der Waals surface area contributed by atoms with Crippen molar-refractivity contribution in [1.82, 2.24) is 0 Å². The van der Waals surface area contributed by atoms with E-state index in [1.54, 1.807) is 0 Å². The highest BCUT2D eigenvalue weighted by Crippen LogP contribution is 2.32. The van der Waals surface area contributed by atoms with Crippen LogP contribution in [0.1, 0.15) is 31.2 Å². The van der Waals surface area contributed by atoms with E-state index in [4.69, 9.17) is 10.5 Å². The number of cyclic esters (lactones) is 1. The Hall–Kier alpha value is -1.51. The third-order valence-electron chi connectivity index (χ3n) is 2.86. The van der Waals surface area contributed by atoms with Gasteiger partial charge in [-0.25, -0.2) is 0 Å². The molecule has 1 aliphatic rings. The molecule has 0 radical (unpaired) electrons. The fourth-order valence-electron chi connectivity index (χ4n) is 1.90. The van der Waals surface area contributed by atoms with Gasteiger partial charge < -0.3 is 10.5 Å². The Bertz CT molecular complexity index is 358. The SMILES string of the molecule is CCC1CC(c2ccc(N)cc2)C(=O)O1. The summed E-state index contributed by atoms with van der Waals surface area (Å²) in [6, 6.07) is 7.45. The van der Waals surface area contributed by atoms with Gasteiger partial charge in [0.25, 0.3) is 0 Å². The van der Waals surface area contributed by atoms with Crippen molar-refractivity contribution in [2.45, 2.75) is 31.8 Å². The van der Waals surface area contributed by atoms with Crippen LogP contribution < -0.4 is 5.73 Å². The summed E-state index contributed by atoms with van der Waals surface area (Å²) in [5.74, 6) is -0.206. The van der Waals surface area contributed by atoms with Gasteiger partial charge in [-0.2, -0.15) is 0 Å². The zero-order valence-corrected chi connectivity index (χ0v) is 8.77. The third kappa shape index (κ3) is 1.96. The van der Waals surface area contributed by atoms with Crippen LogP contribution in [0.15, 0.2) is 24.3 Å². The number of esters is 1. The predicted octanol–water partition coefficient (Wildman–Crippen LogP) is 2.08. The number of anilines is 1. The highest BCUT2D eigenvalue weighted by molar-refractivity contribution is 5.80. The number of carbonyl (C=O) groups excluding carboxylic acids is 1. The molecule has 2 atom stereocenters. The molecule has 80 valence electrons. The Labute approximate surface area is 89.2 Å². The average Bonchev–Trinajstić information content (AvgIpc) is 2.61. The number of carbonyl (C=O) groups is 1. The largest absolute Gasteiger partial charge is 0.462 e. The maximum atomic E-state index is 11.6. The lowest BCUT2D eigenvalue weighted by Crippen LogP contribution is -2.05. The molecule has 2 N–H and O–H groups in total. The zero-order valence-electron chi connectivity index (χ0n) is 8.77. The van der Waals surface area contributed by atoms with E-state index in [0.717, 1.165) is 24.1 Å². The van der Waals surface area contributed by atoms with E-state index in [1.807, 2.05) is 31.2 Å². The summed E-state index contributed by atoms with van der Waals surface area (Å²) in [7, 11) is 0. The van der Waals surface area contributed by atoms with Gasteiger partial charge in [0, 0.05) is 12.1 Å². The molecule has 1 aliphatic heterocycles. The summed E-state index contributed by atoms with van der Waals surface area (Å²) in [4.78, 5) is 11.6. The van der Waals surface area contributed by atoms with E-state index >= 15 is 0 Å². The van der Waals surface area contributed by atoms with Crippen LogP contribution in [-0.4, -0.2) is 12.1 Å². The van der Waals surface area contributed by atoms with Gasteiger partial charge in [0.1, 0.15) is 6.10 Å². The first kappa shape index (κ1) is 10.0. The van der Waals surface area contributed by atoms with Gasteiger partial charge in [-0.3, -0.25) is 4.79 Å². The lowest BCUT2D eigenvalue weighted by molar-refractivity contribution is -0.142. The van der Waals surface area contributed by atoms with E-state index < -0.39 is 0 Å². The maximum absolute atomic E-state index is 11.6. The first-order chi connectivity index (χ1) is 7.20. The quantitative estimate of drug-likeness (QED) is 0.594. The minimum Gasteiger partial charge on any atom is -0.462 e. The number of hydrogen-bond acceptors (Lipinski definition) is 3. The summed E-state index contributed by atoms with van der Waals surface area (Å²) >= 11 is 0. The van der Waals surface area contributed by atoms with Gasteiger partial charge in [-0.15, -0.1) is 0 Å². The monoisotopic (exact) mass is 205 g/mol. The van der Waals surface area contributed by atoms with Crippen molar-refractivity contribution in [2.75, 3.05) is 5.73 Å². The predicted molar refractivity (Wildman–Crippen MR) is 58.4 cm³/mol. The van der Waals surface area contributed by atoms with Gasteiger partial charge >= 0.3 is 5.97 Å². The molecule has 0 saturated carbocycles. The van der Waals surface area contributed by atoms with Gasteiger partial charge in [0.05, 0.1) is 5.92 Å². The molecule has 1 fully saturated rings. The number of benzene rings is 1. The number of nitrogens with two attached hydrogens (primary N) is 1. The first-order valence-corrected chi connectivity index (χ1v) is 5.26. The van der Waals surface area contributed by atoms with Crippen LogP contribution in [0.5, 0.6) is 0 Å². The van der Waals surface area contributed by atoms with E-state index in [0.29, 0.717) is 0 Å². The van der Waals surface area contributed by atoms with Crippen molar-refractivity contribution >= 4 is 11.7 Å². The molecule has 15 heavy (non-hydrogen) atoms. The second-order valence-electron chi connectivity index (χ2n) is 3.92. The fourth-order valence-corrected chi connectivity index (χ4v) is 1.90. The third-order valence-corrected chi connectivity index (χ3v) is 2.86. The van der Waals surface area contributed by atoms with Crippen molar-refractivity contribution in [3.8, 4) is 0 Å². The topological polar surface area (TPSA) is 52.3 Å². The molecule has 0 spiro atoms. The summed E-state index contributed by atoms with van der Waals surface area (Å²) in [5.41, 5.74) is 7.32. The van der Waals surface area contributed by atoms with E-state index in [2.05, 4.69) is 0 Å². The Morgan fingerprint density at radius 3 is 2.60 bits per heavy atom. The summed E-state index contributed by atoms with van der Waals surface area (Å²) in [6.45, 7) is 2.03. The molecule has 0 aromatic heterocycles.